The summed E-state index contributed by atoms with van der Waals surface area (Å²) < 4.78 is 0. The van der Waals surface area contributed by atoms with Crippen LogP contribution in [-0.4, -0.2) is 24.0 Å². The Morgan fingerprint density at radius 3 is 2.13 bits per heavy atom. The Bertz CT molecular complexity index is 784. The van der Waals surface area contributed by atoms with Crippen LogP contribution < -0.4 is 4.90 Å². The zero-order valence-corrected chi connectivity index (χ0v) is 13.0. The lowest BCUT2D eigenvalue weighted by Crippen LogP contribution is -2.29. The van der Waals surface area contributed by atoms with Gasteiger partial charge in [0.25, 0.3) is 0 Å². The third-order valence-corrected chi connectivity index (χ3v) is 4.77. The first-order chi connectivity index (χ1) is 11.3. The van der Waals surface area contributed by atoms with Gasteiger partial charge in [-0.1, -0.05) is 36.4 Å². The van der Waals surface area contributed by atoms with Crippen LogP contribution in [0.15, 0.2) is 48.5 Å². The molecule has 0 radical (unpaired) electrons. The fourth-order valence-corrected chi connectivity index (χ4v) is 3.52. The monoisotopic (exact) mass is 305 g/mol. The van der Waals surface area contributed by atoms with Gasteiger partial charge in [0.15, 0.2) is 5.78 Å². The van der Waals surface area contributed by atoms with Crippen LogP contribution in [0.2, 0.25) is 0 Å². The number of aliphatic hydroxyl groups is 1. The molecule has 4 rings (SSSR count). The van der Waals surface area contributed by atoms with E-state index in [2.05, 4.69) is 17.0 Å². The fourth-order valence-electron chi connectivity index (χ4n) is 3.52. The van der Waals surface area contributed by atoms with Crippen molar-refractivity contribution in [2.45, 2.75) is 19.3 Å². The third kappa shape index (κ3) is 2.33. The Morgan fingerprint density at radius 1 is 0.826 bits per heavy atom. The SMILES string of the molecule is O=C1C(c2ccc(N3CCCCC3)cc2)=C(O)c2ccccc21. The van der Waals surface area contributed by atoms with Crippen LogP contribution in [0.1, 0.15) is 40.7 Å². The minimum Gasteiger partial charge on any atom is -0.507 e. The number of aliphatic hydroxyl groups excluding tert-OH is 1. The Hall–Kier alpha value is -2.55. The van der Waals surface area contributed by atoms with Gasteiger partial charge in [-0.3, -0.25) is 4.79 Å². The van der Waals surface area contributed by atoms with E-state index in [1.165, 1.54) is 24.9 Å². The standard InChI is InChI=1S/C20H19NO2/c22-19-16-6-2-3-7-17(16)20(23)18(19)14-8-10-15(11-9-14)21-12-4-1-5-13-21/h2-3,6-11,22H,1,4-5,12-13H2. The Labute approximate surface area is 135 Å². The molecule has 1 heterocycles. The molecular weight excluding hydrogens is 286 g/mol. The molecule has 2 aromatic rings. The van der Waals surface area contributed by atoms with E-state index < -0.39 is 0 Å². The smallest absolute Gasteiger partial charge is 0.198 e. The maximum atomic E-state index is 12.6. The second-order valence-electron chi connectivity index (χ2n) is 6.19. The largest absolute Gasteiger partial charge is 0.507 e. The lowest BCUT2D eigenvalue weighted by molar-refractivity contribution is 0.105. The van der Waals surface area contributed by atoms with Gasteiger partial charge in [-0.15, -0.1) is 0 Å². The number of hydrogen-bond acceptors (Lipinski definition) is 3. The molecule has 2 aliphatic rings. The number of carbonyl (C=O) groups is 1. The molecule has 0 atom stereocenters. The first kappa shape index (κ1) is 14.1. The molecule has 3 nitrogen and oxygen atoms in total. The van der Waals surface area contributed by atoms with Crippen LogP contribution in [0, 0.1) is 0 Å². The van der Waals surface area contributed by atoms with Crippen molar-refractivity contribution in [3.05, 3.63) is 65.2 Å². The number of allylic oxidation sites excluding steroid dienone is 1. The molecule has 23 heavy (non-hydrogen) atoms. The van der Waals surface area contributed by atoms with Crippen molar-refractivity contribution in [1.82, 2.24) is 0 Å². The maximum Gasteiger partial charge on any atom is 0.198 e. The summed E-state index contributed by atoms with van der Waals surface area (Å²) in [7, 11) is 0. The summed E-state index contributed by atoms with van der Waals surface area (Å²) in [5.74, 6) is 0.000134. The molecule has 0 spiro atoms. The molecule has 0 aromatic heterocycles. The molecule has 3 heteroatoms. The van der Waals surface area contributed by atoms with Gasteiger partial charge in [0.05, 0.1) is 5.57 Å². The van der Waals surface area contributed by atoms with E-state index in [0.717, 1.165) is 18.7 Å². The van der Waals surface area contributed by atoms with Crippen LogP contribution in [0.25, 0.3) is 11.3 Å². The summed E-state index contributed by atoms with van der Waals surface area (Å²) in [6.45, 7) is 2.19. The van der Waals surface area contributed by atoms with E-state index >= 15 is 0 Å². The van der Waals surface area contributed by atoms with Gasteiger partial charge >= 0.3 is 0 Å². The second-order valence-corrected chi connectivity index (χ2v) is 6.19. The van der Waals surface area contributed by atoms with Crippen molar-refractivity contribution >= 4 is 22.8 Å². The van der Waals surface area contributed by atoms with E-state index in [1.807, 2.05) is 24.3 Å². The van der Waals surface area contributed by atoms with Crippen LogP contribution >= 0.6 is 0 Å². The van der Waals surface area contributed by atoms with Gasteiger partial charge in [0, 0.05) is 29.9 Å². The fraction of sp³-hybridized carbons (Fsp3) is 0.250. The number of anilines is 1. The Morgan fingerprint density at radius 2 is 1.48 bits per heavy atom. The Kier molecular flexibility index (Phi) is 3.41. The minimum absolute atomic E-state index is 0.0937. The van der Waals surface area contributed by atoms with E-state index in [0.29, 0.717) is 16.7 Å². The lowest BCUT2D eigenvalue weighted by atomic mass is 10.0. The maximum absolute atomic E-state index is 12.6. The Balaban J connectivity index is 1.67. The molecule has 1 saturated heterocycles. The second kappa shape index (κ2) is 5.58. The number of nitrogens with zero attached hydrogens (tertiary/aromatic N) is 1. The van der Waals surface area contributed by atoms with Gasteiger partial charge in [-0.05, 0) is 37.0 Å². The van der Waals surface area contributed by atoms with Crippen molar-refractivity contribution in [3.63, 3.8) is 0 Å². The molecule has 1 aliphatic heterocycles. The molecule has 0 bridgehead atoms. The molecular formula is C20H19NO2. The molecule has 2 aromatic carbocycles. The first-order valence-corrected chi connectivity index (χ1v) is 8.18. The predicted octanol–water partition coefficient (Wildman–Crippen LogP) is 4.30. The third-order valence-electron chi connectivity index (χ3n) is 4.77. The quantitative estimate of drug-likeness (QED) is 0.899. The average molecular weight is 305 g/mol. The molecule has 116 valence electrons. The lowest BCUT2D eigenvalue weighted by Gasteiger charge is -2.28. The van der Waals surface area contributed by atoms with Gasteiger partial charge in [0.1, 0.15) is 5.76 Å². The van der Waals surface area contributed by atoms with Crippen LogP contribution in [0.4, 0.5) is 5.69 Å². The zero-order valence-electron chi connectivity index (χ0n) is 13.0. The summed E-state index contributed by atoms with van der Waals surface area (Å²) in [5.41, 5.74) is 3.60. The van der Waals surface area contributed by atoms with E-state index in [4.69, 9.17) is 0 Å². The zero-order chi connectivity index (χ0) is 15.8. The van der Waals surface area contributed by atoms with Crippen molar-refractivity contribution in [2.75, 3.05) is 18.0 Å². The number of hydrogen-bond donors (Lipinski definition) is 1. The van der Waals surface area contributed by atoms with Crippen molar-refractivity contribution in [1.29, 1.82) is 0 Å². The van der Waals surface area contributed by atoms with E-state index in [1.54, 1.807) is 12.1 Å². The van der Waals surface area contributed by atoms with E-state index in [-0.39, 0.29) is 11.5 Å². The normalized spacial score (nSPS) is 17.6. The molecule has 0 amide bonds. The van der Waals surface area contributed by atoms with Crippen molar-refractivity contribution in [2.24, 2.45) is 0 Å². The number of carbonyl (C=O) groups excluding carboxylic acids is 1. The topological polar surface area (TPSA) is 40.5 Å². The molecule has 0 saturated carbocycles. The molecule has 1 fully saturated rings. The first-order valence-electron chi connectivity index (χ1n) is 8.18. The number of benzene rings is 2. The van der Waals surface area contributed by atoms with Gasteiger partial charge in [0.2, 0.25) is 0 Å². The van der Waals surface area contributed by atoms with E-state index in [9.17, 15) is 9.90 Å². The highest BCUT2D eigenvalue weighted by molar-refractivity contribution is 6.38. The highest BCUT2D eigenvalue weighted by atomic mass is 16.3. The highest BCUT2D eigenvalue weighted by Crippen LogP contribution is 2.37. The van der Waals surface area contributed by atoms with Gasteiger partial charge in [-0.2, -0.15) is 0 Å². The molecule has 1 aliphatic carbocycles. The summed E-state index contributed by atoms with van der Waals surface area (Å²) in [6.07, 6.45) is 3.78. The van der Waals surface area contributed by atoms with Crippen LogP contribution in [0.5, 0.6) is 0 Å². The average Bonchev–Trinajstić information content (AvgIpc) is 2.87. The van der Waals surface area contributed by atoms with Crippen LogP contribution in [0.3, 0.4) is 0 Å². The number of fused-ring (bicyclic) bond motifs is 1. The van der Waals surface area contributed by atoms with Gasteiger partial charge in [-0.25, -0.2) is 0 Å². The highest BCUT2D eigenvalue weighted by Gasteiger charge is 2.30. The minimum atomic E-state index is -0.0937. The van der Waals surface area contributed by atoms with Crippen LogP contribution in [-0.2, 0) is 0 Å². The van der Waals surface area contributed by atoms with Crippen molar-refractivity contribution in [3.8, 4) is 0 Å². The van der Waals surface area contributed by atoms with Gasteiger partial charge < -0.3 is 10.0 Å². The van der Waals surface area contributed by atoms with Crippen molar-refractivity contribution < 1.29 is 9.90 Å². The number of rotatable bonds is 2. The summed E-state index contributed by atoms with van der Waals surface area (Å²) in [6, 6.07) is 15.2. The molecule has 0 unspecified atom stereocenters. The summed E-state index contributed by atoms with van der Waals surface area (Å²) in [4.78, 5) is 14.9. The number of ketones is 1. The summed E-state index contributed by atoms with van der Waals surface area (Å²) in [5, 5.41) is 10.4. The number of piperidine rings is 1. The summed E-state index contributed by atoms with van der Waals surface area (Å²) >= 11 is 0. The molecule has 1 N–H and O–H groups in total. The predicted molar refractivity (Wildman–Crippen MR) is 92.7 cm³/mol. The number of Topliss-reactive ketones (excluding diaryl/α,β-unsaturated/α-hetero) is 1.